The standard InChI is InChI=1S/C20H25N3O3S/c1-3-15-7-5-6-8-18(15)22-20(24)19-10-9-16(13-21-19)23(4-2)17-11-12-27(25,26)14-17/h5-10,13,17H,3-4,11-12,14H2,1-2H3,(H,22,24). The van der Waals surface area contributed by atoms with E-state index in [2.05, 4.69) is 10.3 Å². The topological polar surface area (TPSA) is 79.4 Å². The maximum Gasteiger partial charge on any atom is 0.274 e. The monoisotopic (exact) mass is 387 g/mol. The number of pyridine rings is 1. The molecule has 1 aliphatic heterocycles. The Morgan fingerprint density at radius 1 is 1.22 bits per heavy atom. The first-order valence-corrected chi connectivity index (χ1v) is 11.1. The Kier molecular flexibility index (Phi) is 5.79. The van der Waals surface area contributed by atoms with Crippen molar-refractivity contribution in [3.8, 4) is 0 Å². The van der Waals surface area contributed by atoms with Crippen molar-refractivity contribution in [1.82, 2.24) is 4.98 Å². The third-order valence-electron chi connectivity index (χ3n) is 4.95. The van der Waals surface area contributed by atoms with E-state index < -0.39 is 9.84 Å². The molecule has 1 unspecified atom stereocenters. The van der Waals surface area contributed by atoms with Crippen LogP contribution in [-0.2, 0) is 16.3 Å². The van der Waals surface area contributed by atoms with Crippen molar-refractivity contribution in [2.45, 2.75) is 32.7 Å². The van der Waals surface area contributed by atoms with Crippen molar-refractivity contribution in [2.75, 3.05) is 28.3 Å². The maximum atomic E-state index is 12.5. The Labute approximate surface area is 160 Å². The van der Waals surface area contributed by atoms with Crippen LogP contribution in [0.3, 0.4) is 0 Å². The van der Waals surface area contributed by atoms with Crippen LogP contribution in [0.1, 0.15) is 36.3 Å². The molecule has 1 N–H and O–H groups in total. The third kappa shape index (κ3) is 4.47. The summed E-state index contributed by atoms with van der Waals surface area (Å²) in [6, 6.07) is 11.2. The highest BCUT2D eigenvalue weighted by Gasteiger charge is 2.32. The van der Waals surface area contributed by atoms with Gasteiger partial charge < -0.3 is 10.2 Å². The van der Waals surface area contributed by atoms with Crippen LogP contribution in [0.15, 0.2) is 42.6 Å². The van der Waals surface area contributed by atoms with Crippen molar-refractivity contribution >= 4 is 27.1 Å². The van der Waals surface area contributed by atoms with Crippen LogP contribution < -0.4 is 10.2 Å². The molecule has 7 heteroatoms. The van der Waals surface area contributed by atoms with Crippen molar-refractivity contribution in [1.29, 1.82) is 0 Å². The molecule has 0 bridgehead atoms. The summed E-state index contributed by atoms with van der Waals surface area (Å²) in [7, 11) is -2.95. The molecule has 0 aliphatic carbocycles. The molecule has 1 fully saturated rings. The van der Waals surface area contributed by atoms with E-state index in [1.807, 2.05) is 49.1 Å². The van der Waals surface area contributed by atoms with Crippen LogP contribution in [0.4, 0.5) is 11.4 Å². The molecule has 1 saturated heterocycles. The van der Waals surface area contributed by atoms with E-state index in [1.165, 1.54) is 0 Å². The second-order valence-electron chi connectivity index (χ2n) is 6.71. The van der Waals surface area contributed by atoms with Gasteiger partial charge in [0.15, 0.2) is 9.84 Å². The van der Waals surface area contributed by atoms with Gasteiger partial charge >= 0.3 is 0 Å². The fourth-order valence-electron chi connectivity index (χ4n) is 3.50. The molecule has 1 aromatic heterocycles. The van der Waals surface area contributed by atoms with Gasteiger partial charge in [-0.2, -0.15) is 0 Å². The number of carbonyl (C=O) groups excluding carboxylic acids is 1. The van der Waals surface area contributed by atoms with Gasteiger partial charge in [-0.3, -0.25) is 4.79 Å². The van der Waals surface area contributed by atoms with E-state index in [1.54, 1.807) is 12.3 Å². The molecule has 0 radical (unpaired) electrons. The van der Waals surface area contributed by atoms with Gasteiger partial charge in [0.1, 0.15) is 5.69 Å². The molecule has 2 heterocycles. The number of para-hydroxylation sites is 1. The predicted molar refractivity (Wildman–Crippen MR) is 108 cm³/mol. The minimum Gasteiger partial charge on any atom is -0.367 e. The predicted octanol–water partition coefficient (Wildman–Crippen LogP) is 2.91. The van der Waals surface area contributed by atoms with Crippen LogP contribution in [0, 0.1) is 0 Å². The van der Waals surface area contributed by atoms with E-state index in [9.17, 15) is 13.2 Å². The van der Waals surface area contributed by atoms with E-state index in [4.69, 9.17) is 0 Å². The lowest BCUT2D eigenvalue weighted by atomic mass is 10.1. The fourth-order valence-corrected chi connectivity index (χ4v) is 5.23. The number of aryl methyl sites for hydroxylation is 1. The van der Waals surface area contributed by atoms with Crippen molar-refractivity contribution in [2.24, 2.45) is 0 Å². The molecule has 2 aromatic rings. The van der Waals surface area contributed by atoms with Crippen molar-refractivity contribution < 1.29 is 13.2 Å². The van der Waals surface area contributed by atoms with Crippen molar-refractivity contribution in [3.63, 3.8) is 0 Å². The molecule has 0 spiro atoms. The Balaban J connectivity index is 1.73. The van der Waals surface area contributed by atoms with Gasteiger partial charge in [0.2, 0.25) is 0 Å². The molecule has 27 heavy (non-hydrogen) atoms. The average molecular weight is 388 g/mol. The first kappa shape index (κ1) is 19.4. The number of nitrogens with one attached hydrogen (secondary N) is 1. The molecular weight excluding hydrogens is 362 g/mol. The van der Waals surface area contributed by atoms with E-state index in [-0.39, 0.29) is 23.5 Å². The van der Waals surface area contributed by atoms with Gasteiger partial charge in [-0.05, 0) is 43.5 Å². The first-order chi connectivity index (χ1) is 12.9. The maximum absolute atomic E-state index is 12.5. The molecule has 1 aliphatic rings. The molecule has 0 saturated carbocycles. The average Bonchev–Trinajstić information content (AvgIpc) is 3.03. The number of rotatable bonds is 6. The fraction of sp³-hybridized carbons (Fsp3) is 0.400. The molecule has 1 aromatic carbocycles. The van der Waals surface area contributed by atoms with E-state index in [0.29, 0.717) is 18.7 Å². The number of hydrogen-bond acceptors (Lipinski definition) is 5. The molecule has 144 valence electrons. The molecular formula is C20H25N3O3S. The molecule has 1 atom stereocenters. The minimum absolute atomic E-state index is 0.0297. The number of sulfone groups is 1. The zero-order valence-corrected chi connectivity index (χ0v) is 16.5. The number of anilines is 2. The lowest BCUT2D eigenvalue weighted by Crippen LogP contribution is -2.36. The quantitative estimate of drug-likeness (QED) is 0.824. The van der Waals surface area contributed by atoms with Crippen LogP contribution in [-0.4, -0.2) is 43.4 Å². The summed E-state index contributed by atoms with van der Waals surface area (Å²) in [5, 5.41) is 2.91. The molecule has 6 nitrogen and oxygen atoms in total. The summed E-state index contributed by atoms with van der Waals surface area (Å²) in [6.45, 7) is 4.73. The summed E-state index contributed by atoms with van der Waals surface area (Å²) in [4.78, 5) is 18.9. The Morgan fingerprint density at radius 3 is 2.59 bits per heavy atom. The SMILES string of the molecule is CCc1ccccc1NC(=O)c1ccc(N(CC)C2CCS(=O)(=O)C2)cn1. The third-order valence-corrected chi connectivity index (χ3v) is 6.70. The van der Waals surface area contributed by atoms with Gasteiger partial charge in [0, 0.05) is 18.3 Å². The highest BCUT2D eigenvalue weighted by molar-refractivity contribution is 7.91. The number of nitrogens with zero attached hydrogens (tertiary/aromatic N) is 2. The molecule has 3 rings (SSSR count). The van der Waals surface area contributed by atoms with Crippen LogP contribution in [0.2, 0.25) is 0 Å². The lowest BCUT2D eigenvalue weighted by molar-refractivity contribution is 0.102. The minimum atomic E-state index is -2.95. The summed E-state index contributed by atoms with van der Waals surface area (Å²) >= 11 is 0. The highest BCUT2D eigenvalue weighted by Crippen LogP contribution is 2.24. The first-order valence-electron chi connectivity index (χ1n) is 9.26. The zero-order valence-electron chi connectivity index (χ0n) is 15.7. The number of aromatic nitrogens is 1. The normalized spacial score (nSPS) is 18.2. The van der Waals surface area contributed by atoms with Crippen LogP contribution in [0.25, 0.3) is 0 Å². The van der Waals surface area contributed by atoms with Gasteiger partial charge in [0.25, 0.3) is 5.91 Å². The molecule has 1 amide bonds. The van der Waals surface area contributed by atoms with Gasteiger partial charge in [-0.15, -0.1) is 0 Å². The zero-order chi connectivity index (χ0) is 19.4. The van der Waals surface area contributed by atoms with Gasteiger partial charge in [0.05, 0.1) is 23.4 Å². The van der Waals surface area contributed by atoms with Gasteiger partial charge in [-0.25, -0.2) is 13.4 Å². The van der Waals surface area contributed by atoms with E-state index in [0.717, 1.165) is 23.4 Å². The van der Waals surface area contributed by atoms with Gasteiger partial charge in [-0.1, -0.05) is 25.1 Å². The number of amides is 1. The summed E-state index contributed by atoms with van der Waals surface area (Å²) in [5.41, 5.74) is 3.04. The Hall–Kier alpha value is -2.41. The lowest BCUT2D eigenvalue weighted by Gasteiger charge is -2.28. The number of benzene rings is 1. The van der Waals surface area contributed by atoms with E-state index >= 15 is 0 Å². The van der Waals surface area contributed by atoms with Crippen LogP contribution >= 0.6 is 0 Å². The summed E-state index contributed by atoms with van der Waals surface area (Å²) in [5.74, 6) is 0.157. The largest absolute Gasteiger partial charge is 0.367 e. The Bertz CT molecular complexity index is 910. The van der Waals surface area contributed by atoms with Crippen LogP contribution in [0.5, 0.6) is 0 Å². The smallest absolute Gasteiger partial charge is 0.274 e. The summed E-state index contributed by atoms with van der Waals surface area (Å²) < 4.78 is 23.5. The van der Waals surface area contributed by atoms with Crippen molar-refractivity contribution in [3.05, 3.63) is 53.9 Å². The highest BCUT2D eigenvalue weighted by atomic mass is 32.2. The Morgan fingerprint density at radius 2 is 2.00 bits per heavy atom. The second kappa shape index (κ2) is 8.08. The number of hydrogen-bond donors (Lipinski definition) is 1. The summed E-state index contributed by atoms with van der Waals surface area (Å²) in [6.07, 6.45) is 3.11. The number of carbonyl (C=O) groups is 1. The second-order valence-corrected chi connectivity index (χ2v) is 8.94.